The first-order valence-electron chi connectivity index (χ1n) is 22.4. The Balaban J connectivity index is 0.000000187. The van der Waals surface area contributed by atoms with Crippen molar-refractivity contribution >= 4 is 88.3 Å². The van der Waals surface area contributed by atoms with Crippen molar-refractivity contribution in [2.24, 2.45) is 0 Å². The number of piperazine rings is 2. The van der Waals surface area contributed by atoms with Gasteiger partial charge in [0.25, 0.3) is 0 Å². The third kappa shape index (κ3) is 14.0. The van der Waals surface area contributed by atoms with Crippen molar-refractivity contribution in [2.75, 3.05) is 152 Å². The molecular formula is C40H58Cl2N20O6S2. The summed E-state index contributed by atoms with van der Waals surface area (Å²) < 4.78 is 59.0. The van der Waals surface area contributed by atoms with Gasteiger partial charge in [0, 0.05) is 151 Å². The Bertz CT molecular complexity index is 2870. The molecule has 380 valence electrons. The average Bonchev–Trinajstić information content (AvgIpc) is 3.97. The van der Waals surface area contributed by atoms with E-state index in [9.17, 15) is 16.8 Å². The molecule has 26 nitrogen and oxygen atoms in total. The van der Waals surface area contributed by atoms with Crippen LogP contribution in [0.2, 0.25) is 0 Å². The molecule has 0 radical (unpaired) electrons. The van der Waals surface area contributed by atoms with Crippen molar-refractivity contribution in [3.8, 4) is 22.5 Å². The summed E-state index contributed by atoms with van der Waals surface area (Å²) >= 11 is 0. The molecule has 4 aliphatic heterocycles. The summed E-state index contributed by atoms with van der Waals surface area (Å²) in [6.45, 7) is 15.4. The lowest BCUT2D eigenvalue weighted by Crippen LogP contribution is -2.48. The second-order valence-corrected chi connectivity index (χ2v) is 21.6. The van der Waals surface area contributed by atoms with Gasteiger partial charge in [-0.15, -0.1) is 12.4 Å². The van der Waals surface area contributed by atoms with Crippen LogP contribution in [0.4, 0.5) is 23.8 Å². The van der Waals surface area contributed by atoms with Crippen LogP contribution in [0.3, 0.4) is 0 Å². The second kappa shape index (κ2) is 23.7. The Kier molecular flexibility index (Phi) is 17.8. The maximum absolute atomic E-state index is 11.8. The van der Waals surface area contributed by atoms with Crippen molar-refractivity contribution in [1.29, 1.82) is 0 Å². The van der Waals surface area contributed by atoms with Crippen molar-refractivity contribution in [3.05, 3.63) is 37.4 Å². The van der Waals surface area contributed by atoms with Crippen LogP contribution in [-0.2, 0) is 41.6 Å². The van der Waals surface area contributed by atoms with Crippen LogP contribution >= 0.6 is 23.1 Å². The van der Waals surface area contributed by atoms with Gasteiger partial charge in [-0.05, 0) is 0 Å². The monoisotopic (exact) mass is 1050 g/mol. The largest absolute Gasteiger partial charge is 0.378 e. The molecule has 4 aliphatic rings. The molecule has 0 spiro atoms. The van der Waals surface area contributed by atoms with Crippen LogP contribution in [0.15, 0.2) is 37.4 Å². The van der Waals surface area contributed by atoms with Crippen LogP contribution < -0.4 is 26.6 Å². The maximum atomic E-state index is 11.8. The van der Waals surface area contributed by atoms with E-state index < -0.39 is 19.1 Å². The number of nitrogens with one attached hydrogen (secondary N) is 1. The standard InChI is InChI=1S/C20H28N10O3S.C19H26N10O.CH3ClO2S.ClH/c1-34(31,32)30-6-3-27(4-7-30)2-5-29-14-24-17-16(15-12-22-19(21)23-13-15)25-20(26-18(17)29)28-8-10-33-11-9-28;20-18-22-11-14(12-23-18)15-16-17(26-19(25-15)28-7-9-30-10-8-28)29(13-24-16)6-5-27-3-1-21-2-4-27;1-5(2,3)4;/h12-14H,2-11H2,1H3,(H2,21,22,23);11-13,21H,1-10H2,(H2,20,22,23);1H3;1H. The van der Waals surface area contributed by atoms with E-state index in [1.165, 1.54) is 10.6 Å². The van der Waals surface area contributed by atoms with Crippen molar-refractivity contribution < 1.29 is 26.3 Å². The van der Waals surface area contributed by atoms with E-state index in [0.717, 1.165) is 98.8 Å². The number of fused-ring (bicyclic) bond motifs is 2. The topological polar surface area (TPSA) is 306 Å². The fraction of sp³-hybridized carbons (Fsp3) is 0.550. The molecule has 70 heavy (non-hydrogen) atoms. The van der Waals surface area contributed by atoms with Gasteiger partial charge < -0.3 is 45.2 Å². The van der Waals surface area contributed by atoms with Gasteiger partial charge in [-0.3, -0.25) is 9.80 Å². The number of hydrogen-bond acceptors (Lipinski definition) is 23. The molecule has 0 amide bonds. The molecule has 4 fully saturated rings. The zero-order valence-corrected chi connectivity index (χ0v) is 42.1. The Morgan fingerprint density at radius 2 is 0.957 bits per heavy atom. The summed E-state index contributed by atoms with van der Waals surface area (Å²) in [4.78, 5) is 54.1. The Morgan fingerprint density at radius 1 is 0.571 bits per heavy atom. The van der Waals surface area contributed by atoms with Crippen molar-refractivity contribution in [1.82, 2.24) is 78.4 Å². The minimum absolute atomic E-state index is 0. The highest BCUT2D eigenvalue weighted by molar-refractivity contribution is 8.13. The Morgan fingerprint density at radius 3 is 1.34 bits per heavy atom. The highest BCUT2D eigenvalue weighted by Crippen LogP contribution is 2.29. The quantitative estimate of drug-likeness (QED) is 0.138. The normalized spacial score (nSPS) is 17.6. The molecule has 0 aliphatic carbocycles. The van der Waals surface area contributed by atoms with E-state index in [-0.39, 0.29) is 24.3 Å². The fourth-order valence-electron chi connectivity index (χ4n) is 8.04. The number of sulfonamides is 1. The van der Waals surface area contributed by atoms with Gasteiger partial charge in [-0.25, -0.2) is 56.7 Å². The third-order valence-electron chi connectivity index (χ3n) is 11.7. The molecule has 6 aromatic rings. The molecule has 0 unspecified atom stereocenters. The molecule has 0 saturated carbocycles. The Hall–Kier alpha value is -5.30. The lowest BCUT2D eigenvalue weighted by molar-refractivity contribution is 0.122. The zero-order valence-electron chi connectivity index (χ0n) is 38.9. The van der Waals surface area contributed by atoms with Crippen LogP contribution in [0.5, 0.6) is 0 Å². The van der Waals surface area contributed by atoms with E-state index in [4.69, 9.17) is 40.9 Å². The first kappa shape index (κ1) is 52.5. The summed E-state index contributed by atoms with van der Waals surface area (Å²) in [7, 11) is -1.83. The van der Waals surface area contributed by atoms with Gasteiger partial charge in [0.1, 0.15) is 22.4 Å². The summed E-state index contributed by atoms with van der Waals surface area (Å²) in [5.41, 5.74) is 17.2. The number of morpholine rings is 2. The van der Waals surface area contributed by atoms with Crippen LogP contribution in [0, 0.1) is 0 Å². The van der Waals surface area contributed by atoms with E-state index in [1.54, 1.807) is 31.1 Å². The molecule has 0 aromatic carbocycles. The molecule has 30 heteroatoms. The summed E-state index contributed by atoms with van der Waals surface area (Å²) in [6.07, 6.45) is 12.5. The average molecular weight is 1050 g/mol. The Labute approximate surface area is 416 Å². The smallest absolute Gasteiger partial charge is 0.229 e. The van der Waals surface area contributed by atoms with Crippen LogP contribution in [0.1, 0.15) is 0 Å². The lowest BCUT2D eigenvalue weighted by atomic mass is 10.2. The molecule has 5 N–H and O–H groups in total. The van der Waals surface area contributed by atoms with E-state index >= 15 is 0 Å². The first-order valence-corrected chi connectivity index (χ1v) is 27.0. The number of nitrogens with two attached hydrogens (primary N) is 2. The number of nitrogen functional groups attached to an aromatic ring is 2. The highest BCUT2D eigenvalue weighted by atomic mass is 35.7. The number of rotatable bonds is 11. The zero-order chi connectivity index (χ0) is 48.5. The van der Waals surface area contributed by atoms with Gasteiger partial charge in [0.15, 0.2) is 11.3 Å². The summed E-state index contributed by atoms with van der Waals surface area (Å²) in [5, 5.41) is 3.39. The second-order valence-electron chi connectivity index (χ2n) is 16.6. The highest BCUT2D eigenvalue weighted by Gasteiger charge is 2.25. The number of hydrogen-bond donors (Lipinski definition) is 3. The first-order chi connectivity index (χ1) is 33.2. The number of aromatic nitrogens is 12. The van der Waals surface area contributed by atoms with Gasteiger partial charge in [-0.1, -0.05) is 0 Å². The lowest BCUT2D eigenvalue weighted by Gasteiger charge is -2.33. The number of halogens is 2. The van der Waals surface area contributed by atoms with Crippen molar-refractivity contribution in [3.63, 3.8) is 0 Å². The molecule has 10 rings (SSSR count). The molecular weight excluding hydrogens is 992 g/mol. The molecule has 0 atom stereocenters. The summed E-state index contributed by atoms with van der Waals surface area (Å²) in [6, 6.07) is 0. The van der Waals surface area contributed by atoms with Crippen LogP contribution in [0.25, 0.3) is 44.8 Å². The molecule has 0 bridgehead atoms. The SMILES string of the molecule is CS(=O)(=O)Cl.CS(=O)(=O)N1CCN(CCn2cnc3c(-c4cnc(N)nc4)nc(N4CCOCC4)nc32)CC1.Cl.Nc1ncc(-c2nc(N3CCOCC3)nc3c2ncn3CCN2CCNCC2)cn1. The number of anilines is 4. The molecule has 4 saturated heterocycles. The van der Waals surface area contributed by atoms with Gasteiger partial charge in [0.05, 0.1) is 51.6 Å². The number of ether oxygens (including phenoxy) is 2. The predicted molar refractivity (Wildman–Crippen MR) is 268 cm³/mol. The van der Waals surface area contributed by atoms with Gasteiger partial charge >= 0.3 is 0 Å². The maximum Gasteiger partial charge on any atom is 0.229 e. The number of nitrogens with zero attached hydrogens (tertiary/aromatic N) is 17. The minimum Gasteiger partial charge on any atom is -0.378 e. The third-order valence-corrected chi connectivity index (χ3v) is 13.0. The van der Waals surface area contributed by atoms with Crippen molar-refractivity contribution in [2.45, 2.75) is 13.1 Å². The molecule has 10 heterocycles. The van der Waals surface area contributed by atoms with Gasteiger partial charge in [0.2, 0.25) is 42.9 Å². The van der Waals surface area contributed by atoms with Crippen LogP contribution in [-0.4, -0.2) is 220 Å². The number of imidazole rings is 2. The molecule has 6 aromatic heterocycles. The van der Waals surface area contributed by atoms with E-state index in [1.807, 2.05) is 10.9 Å². The fourth-order valence-corrected chi connectivity index (χ4v) is 8.87. The van der Waals surface area contributed by atoms with Gasteiger partial charge in [-0.2, -0.15) is 14.3 Å². The summed E-state index contributed by atoms with van der Waals surface area (Å²) in [5.74, 6) is 1.73. The van der Waals surface area contributed by atoms with E-state index in [0.29, 0.717) is 95.3 Å². The minimum atomic E-state index is -3.19. The van der Waals surface area contributed by atoms with E-state index in [2.05, 4.69) is 70.1 Å². The predicted octanol–water partition coefficient (Wildman–Crippen LogP) is -0.507.